The van der Waals surface area contributed by atoms with Crippen molar-refractivity contribution in [3.8, 4) is 0 Å². The van der Waals surface area contributed by atoms with Crippen LogP contribution in [-0.2, 0) is 11.3 Å². The van der Waals surface area contributed by atoms with E-state index in [-0.39, 0.29) is 0 Å². The predicted octanol–water partition coefficient (Wildman–Crippen LogP) is 0.742. The smallest absolute Gasteiger partial charge is 0.178 e. The predicted molar refractivity (Wildman–Crippen MR) is 57.3 cm³/mol. The average molecular weight is 206 g/mol. The van der Waals surface area contributed by atoms with E-state index in [1.165, 1.54) is 0 Å². The standard InChI is InChI=1S/C10H14N4O/c1-7-2-3-8-10(12-7)14-9(13-8)6-15-5-4-11/h2-3H,4-6,11H2,1H3,(H,12,13,14). The van der Waals surface area contributed by atoms with Crippen molar-refractivity contribution >= 4 is 11.2 Å². The van der Waals surface area contributed by atoms with Crippen LogP contribution in [0.4, 0.5) is 0 Å². The molecule has 0 aliphatic carbocycles. The summed E-state index contributed by atoms with van der Waals surface area (Å²) in [5, 5.41) is 0. The first-order valence-electron chi connectivity index (χ1n) is 4.89. The minimum atomic E-state index is 0.451. The SMILES string of the molecule is Cc1ccc2[nH]c(COCCN)nc2n1. The number of fused-ring (bicyclic) bond motifs is 1. The molecule has 0 atom stereocenters. The molecule has 2 rings (SSSR count). The highest BCUT2D eigenvalue weighted by atomic mass is 16.5. The second-order valence-electron chi connectivity index (χ2n) is 3.35. The third-order valence-electron chi connectivity index (χ3n) is 2.04. The summed E-state index contributed by atoms with van der Waals surface area (Å²) in [4.78, 5) is 11.8. The number of pyridine rings is 1. The summed E-state index contributed by atoms with van der Waals surface area (Å²) >= 11 is 0. The third kappa shape index (κ3) is 2.31. The van der Waals surface area contributed by atoms with Crippen LogP contribution in [-0.4, -0.2) is 28.1 Å². The van der Waals surface area contributed by atoms with Crippen LogP contribution in [0.1, 0.15) is 11.5 Å². The second-order valence-corrected chi connectivity index (χ2v) is 3.35. The lowest BCUT2D eigenvalue weighted by molar-refractivity contribution is 0.123. The van der Waals surface area contributed by atoms with E-state index in [0.717, 1.165) is 22.7 Å². The van der Waals surface area contributed by atoms with E-state index in [1.54, 1.807) is 0 Å². The maximum absolute atomic E-state index is 5.32. The Hall–Kier alpha value is -1.46. The number of nitrogens with zero attached hydrogens (tertiary/aromatic N) is 2. The Labute approximate surface area is 87.7 Å². The third-order valence-corrected chi connectivity index (χ3v) is 2.04. The molecule has 2 heterocycles. The fraction of sp³-hybridized carbons (Fsp3) is 0.400. The van der Waals surface area contributed by atoms with Gasteiger partial charge in [0.2, 0.25) is 0 Å². The van der Waals surface area contributed by atoms with Gasteiger partial charge in [-0.2, -0.15) is 0 Å². The number of ether oxygens (including phenoxy) is 1. The van der Waals surface area contributed by atoms with E-state index in [9.17, 15) is 0 Å². The number of aryl methyl sites for hydroxylation is 1. The number of rotatable bonds is 4. The Bertz CT molecular complexity index is 452. The molecule has 0 unspecified atom stereocenters. The maximum Gasteiger partial charge on any atom is 0.178 e. The number of H-pyrrole nitrogens is 1. The molecule has 0 amide bonds. The minimum absolute atomic E-state index is 0.451. The number of nitrogens with two attached hydrogens (primary N) is 1. The van der Waals surface area contributed by atoms with Crippen molar-refractivity contribution in [2.45, 2.75) is 13.5 Å². The van der Waals surface area contributed by atoms with Crippen LogP contribution in [0.3, 0.4) is 0 Å². The number of hydrogen-bond donors (Lipinski definition) is 2. The van der Waals surface area contributed by atoms with E-state index in [2.05, 4.69) is 15.0 Å². The Morgan fingerprint density at radius 2 is 2.27 bits per heavy atom. The molecular formula is C10H14N4O. The first-order chi connectivity index (χ1) is 7.29. The van der Waals surface area contributed by atoms with Gasteiger partial charge in [-0.3, -0.25) is 0 Å². The maximum atomic E-state index is 5.32. The largest absolute Gasteiger partial charge is 0.372 e. The van der Waals surface area contributed by atoms with Crippen molar-refractivity contribution in [2.75, 3.05) is 13.2 Å². The molecule has 0 radical (unpaired) electrons. The zero-order valence-corrected chi connectivity index (χ0v) is 8.66. The molecule has 2 aromatic heterocycles. The van der Waals surface area contributed by atoms with Gasteiger partial charge in [-0.25, -0.2) is 9.97 Å². The molecule has 15 heavy (non-hydrogen) atoms. The van der Waals surface area contributed by atoms with Crippen molar-refractivity contribution in [3.63, 3.8) is 0 Å². The molecule has 0 aromatic carbocycles. The quantitative estimate of drug-likeness (QED) is 0.723. The highest BCUT2D eigenvalue weighted by Gasteiger charge is 2.03. The van der Waals surface area contributed by atoms with Gasteiger partial charge in [0.1, 0.15) is 12.4 Å². The molecule has 0 spiro atoms. The van der Waals surface area contributed by atoms with Gasteiger partial charge in [-0.15, -0.1) is 0 Å². The fourth-order valence-corrected chi connectivity index (χ4v) is 1.36. The van der Waals surface area contributed by atoms with E-state index in [1.807, 2.05) is 19.1 Å². The summed E-state index contributed by atoms with van der Waals surface area (Å²) in [6.07, 6.45) is 0. The highest BCUT2D eigenvalue weighted by molar-refractivity contribution is 5.70. The molecule has 3 N–H and O–H groups in total. The van der Waals surface area contributed by atoms with Gasteiger partial charge in [0.25, 0.3) is 0 Å². The first kappa shape index (κ1) is 10.1. The fourth-order valence-electron chi connectivity index (χ4n) is 1.36. The van der Waals surface area contributed by atoms with Crippen molar-refractivity contribution in [2.24, 2.45) is 5.73 Å². The number of imidazole rings is 1. The lowest BCUT2D eigenvalue weighted by Gasteiger charge is -1.97. The molecular weight excluding hydrogens is 192 g/mol. The summed E-state index contributed by atoms with van der Waals surface area (Å²) in [5.41, 5.74) is 7.96. The Balaban J connectivity index is 2.16. The molecule has 0 aliphatic rings. The summed E-state index contributed by atoms with van der Waals surface area (Å²) in [5.74, 6) is 0.788. The number of aromatic nitrogens is 3. The molecule has 0 saturated heterocycles. The molecule has 0 saturated carbocycles. The van der Waals surface area contributed by atoms with Gasteiger partial charge < -0.3 is 15.5 Å². The summed E-state index contributed by atoms with van der Waals surface area (Å²) < 4.78 is 5.28. The molecule has 0 fully saturated rings. The van der Waals surface area contributed by atoms with Crippen molar-refractivity contribution in [3.05, 3.63) is 23.7 Å². The van der Waals surface area contributed by atoms with Crippen LogP contribution in [0.15, 0.2) is 12.1 Å². The lowest BCUT2D eigenvalue weighted by atomic mass is 10.4. The van der Waals surface area contributed by atoms with E-state index in [4.69, 9.17) is 10.5 Å². The van der Waals surface area contributed by atoms with E-state index >= 15 is 0 Å². The second kappa shape index (κ2) is 4.37. The van der Waals surface area contributed by atoms with Crippen LogP contribution < -0.4 is 5.73 Å². The van der Waals surface area contributed by atoms with Crippen molar-refractivity contribution < 1.29 is 4.74 Å². The van der Waals surface area contributed by atoms with Gasteiger partial charge in [-0.1, -0.05) is 0 Å². The number of nitrogens with one attached hydrogen (secondary N) is 1. The molecule has 5 nitrogen and oxygen atoms in total. The van der Waals surface area contributed by atoms with Crippen LogP contribution in [0.25, 0.3) is 11.2 Å². The van der Waals surface area contributed by atoms with E-state index < -0.39 is 0 Å². The first-order valence-corrected chi connectivity index (χ1v) is 4.89. The number of aromatic amines is 1. The monoisotopic (exact) mass is 206 g/mol. The van der Waals surface area contributed by atoms with E-state index in [0.29, 0.717) is 19.8 Å². The van der Waals surface area contributed by atoms with Crippen molar-refractivity contribution in [1.82, 2.24) is 15.0 Å². The molecule has 5 heteroatoms. The van der Waals surface area contributed by atoms with Gasteiger partial charge in [-0.05, 0) is 19.1 Å². The van der Waals surface area contributed by atoms with Gasteiger partial charge in [0.05, 0.1) is 12.1 Å². The van der Waals surface area contributed by atoms with Crippen molar-refractivity contribution in [1.29, 1.82) is 0 Å². The molecule has 0 bridgehead atoms. The summed E-state index contributed by atoms with van der Waals surface area (Å²) in [6.45, 7) is 3.46. The zero-order chi connectivity index (χ0) is 10.7. The highest BCUT2D eigenvalue weighted by Crippen LogP contribution is 2.09. The minimum Gasteiger partial charge on any atom is -0.372 e. The summed E-state index contributed by atoms with van der Waals surface area (Å²) in [6, 6.07) is 3.92. The Kier molecular flexibility index (Phi) is 2.94. The van der Waals surface area contributed by atoms with Gasteiger partial charge in [0, 0.05) is 12.2 Å². The van der Waals surface area contributed by atoms with Crippen LogP contribution in [0, 0.1) is 6.92 Å². The van der Waals surface area contributed by atoms with Gasteiger partial charge >= 0.3 is 0 Å². The Morgan fingerprint density at radius 3 is 3.07 bits per heavy atom. The topological polar surface area (TPSA) is 76.8 Å². The molecule has 2 aromatic rings. The molecule has 0 aliphatic heterocycles. The van der Waals surface area contributed by atoms with Crippen LogP contribution in [0.5, 0.6) is 0 Å². The number of hydrogen-bond acceptors (Lipinski definition) is 4. The van der Waals surface area contributed by atoms with Crippen LogP contribution >= 0.6 is 0 Å². The molecule has 80 valence electrons. The lowest BCUT2D eigenvalue weighted by Crippen LogP contribution is -2.08. The van der Waals surface area contributed by atoms with Crippen LogP contribution in [0.2, 0.25) is 0 Å². The Morgan fingerprint density at radius 1 is 1.40 bits per heavy atom. The average Bonchev–Trinajstić information content (AvgIpc) is 2.60. The zero-order valence-electron chi connectivity index (χ0n) is 8.66. The van der Waals surface area contributed by atoms with Gasteiger partial charge in [0.15, 0.2) is 5.65 Å². The summed E-state index contributed by atoms with van der Waals surface area (Å²) in [7, 11) is 0. The normalized spacial score (nSPS) is 11.1.